The highest BCUT2D eigenvalue weighted by Gasteiger charge is 2.23. The number of benzene rings is 2. The number of amides is 1. The van der Waals surface area contributed by atoms with Crippen LogP contribution in [0.15, 0.2) is 47.4 Å². The standard InChI is InChI=1S/C22H28N2O3S/c1-16-10-11-18(22(2,3)4)15-20(16)28(26,27)23-19-9-7-8-17(14-19)21(25)24-12-5-6-13-24/h7-11,14-15,23H,5-6,12-13H2,1-4H3. The fraction of sp³-hybridized carbons (Fsp3) is 0.409. The van der Waals surface area contributed by atoms with Crippen molar-refractivity contribution in [2.24, 2.45) is 0 Å². The van der Waals surface area contributed by atoms with E-state index in [9.17, 15) is 13.2 Å². The topological polar surface area (TPSA) is 66.5 Å². The normalized spacial score (nSPS) is 14.9. The van der Waals surface area contributed by atoms with Crippen LogP contribution in [-0.4, -0.2) is 32.3 Å². The minimum absolute atomic E-state index is 0.0514. The molecule has 0 aliphatic carbocycles. The minimum atomic E-state index is -3.76. The summed E-state index contributed by atoms with van der Waals surface area (Å²) in [7, 11) is -3.76. The fourth-order valence-electron chi connectivity index (χ4n) is 3.38. The monoisotopic (exact) mass is 400 g/mol. The Bertz CT molecular complexity index is 985. The Morgan fingerprint density at radius 2 is 1.71 bits per heavy atom. The Morgan fingerprint density at radius 1 is 1.04 bits per heavy atom. The number of anilines is 1. The lowest BCUT2D eigenvalue weighted by Gasteiger charge is -2.21. The van der Waals surface area contributed by atoms with Crippen LogP contribution >= 0.6 is 0 Å². The van der Waals surface area contributed by atoms with Crippen LogP contribution in [0.1, 0.15) is 55.1 Å². The number of rotatable bonds is 4. The molecule has 1 saturated heterocycles. The van der Waals surface area contributed by atoms with Crippen LogP contribution in [0.4, 0.5) is 5.69 Å². The quantitative estimate of drug-likeness (QED) is 0.831. The van der Waals surface area contributed by atoms with Gasteiger partial charge in [-0.05, 0) is 60.6 Å². The van der Waals surface area contributed by atoms with E-state index in [1.807, 2.05) is 17.0 Å². The van der Waals surface area contributed by atoms with Gasteiger partial charge in [0, 0.05) is 24.3 Å². The maximum atomic E-state index is 13.0. The zero-order chi connectivity index (χ0) is 20.5. The third-order valence-corrected chi connectivity index (χ3v) is 6.62. The predicted molar refractivity (Wildman–Crippen MR) is 112 cm³/mol. The van der Waals surface area contributed by atoms with E-state index in [4.69, 9.17) is 0 Å². The number of aryl methyl sites for hydroxylation is 1. The van der Waals surface area contributed by atoms with E-state index >= 15 is 0 Å². The van der Waals surface area contributed by atoms with Crippen molar-refractivity contribution in [3.63, 3.8) is 0 Å². The molecule has 0 spiro atoms. The first kappa shape index (κ1) is 20.4. The Hall–Kier alpha value is -2.34. The molecule has 5 nitrogen and oxygen atoms in total. The lowest BCUT2D eigenvalue weighted by Crippen LogP contribution is -2.27. The van der Waals surface area contributed by atoms with Crippen molar-refractivity contribution in [1.29, 1.82) is 0 Å². The first-order valence-corrected chi connectivity index (χ1v) is 11.1. The van der Waals surface area contributed by atoms with Crippen LogP contribution < -0.4 is 4.72 Å². The Kier molecular flexibility index (Phi) is 5.53. The average molecular weight is 401 g/mol. The van der Waals surface area contributed by atoms with Gasteiger partial charge in [0.2, 0.25) is 0 Å². The smallest absolute Gasteiger partial charge is 0.262 e. The summed E-state index contributed by atoms with van der Waals surface area (Å²) in [5.74, 6) is -0.0514. The highest BCUT2D eigenvalue weighted by molar-refractivity contribution is 7.92. The second kappa shape index (κ2) is 7.59. The molecule has 28 heavy (non-hydrogen) atoms. The van der Waals surface area contributed by atoms with E-state index in [1.54, 1.807) is 37.3 Å². The van der Waals surface area contributed by atoms with Gasteiger partial charge in [0.05, 0.1) is 4.90 Å². The Morgan fingerprint density at radius 3 is 2.36 bits per heavy atom. The molecule has 1 amide bonds. The molecule has 1 aliphatic heterocycles. The fourth-order valence-corrected chi connectivity index (χ4v) is 4.71. The van der Waals surface area contributed by atoms with E-state index in [-0.39, 0.29) is 16.2 Å². The third-order valence-electron chi connectivity index (χ3n) is 5.10. The molecular formula is C22H28N2O3S. The van der Waals surface area contributed by atoms with Gasteiger partial charge in [-0.1, -0.05) is 39.0 Å². The Labute approximate surface area is 167 Å². The van der Waals surface area contributed by atoms with Gasteiger partial charge in [0.15, 0.2) is 0 Å². The summed E-state index contributed by atoms with van der Waals surface area (Å²) in [6.45, 7) is 9.45. The van der Waals surface area contributed by atoms with Crippen molar-refractivity contribution in [2.75, 3.05) is 17.8 Å². The number of hydrogen-bond acceptors (Lipinski definition) is 3. The minimum Gasteiger partial charge on any atom is -0.339 e. The number of likely N-dealkylation sites (tertiary alicyclic amines) is 1. The van der Waals surface area contributed by atoms with Gasteiger partial charge in [-0.3, -0.25) is 9.52 Å². The number of hydrogen-bond donors (Lipinski definition) is 1. The predicted octanol–water partition coefficient (Wildman–Crippen LogP) is 4.33. The number of nitrogens with one attached hydrogen (secondary N) is 1. The van der Waals surface area contributed by atoms with Gasteiger partial charge >= 0.3 is 0 Å². The molecule has 6 heteroatoms. The SMILES string of the molecule is Cc1ccc(C(C)(C)C)cc1S(=O)(=O)Nc1cccc(C(=O)N2CCCC2)c1. The van der Waals surface area contributed by atoms with E-state index in [0.717, 1.165) is 31.5 Å². The molecule has 0 aromatic heterocycles. The summed E-state index contributed by atoms with van der Waals surface area (Å²) >= 11 is 0. The second-order valence-corrected chi connectivity index (χ2v) is 10.1. The summed E-state index contributed by atoms with van der Waals surface area (Å²) in [5, 5.41) is 0. The first-order valence-electron chi connectivity index (χ1n) is 9.61. The molecule has 1 heterocycles. The molecule has 0 atom stereocenters. The van der Waals surface area contributed by atoms with Crippen molar-refractivity contribution in [3.8, 4) is 0 Å². The molecular weight excluding hydrogens is 372 g/mol. The van der Waals surface area contributed by atoms with Crippen LogP contribution in [0.3, 0.4) is 0 Å². The number of sulfonamides is 1. The largest absolute Gasteiger partial charge is 0.339 e. The molecule has 150 valence electrons. The van der Waals surface area contributed by atoms with Gasteiger partial charge in [-0.15, -0.1) is 0 Å². The van der Waals surface area contributed by atoms with Gasteiger partial charge in [-0.25, -0.2) is 8.42 Å². The molecule has 1 fully saturated rings. The van der Waals surface area contributed by atoms with Crippen LogP contribution in [0.5, 0.6) is 0 Å². The van der Waals surface area contributed by atoms with Gasteiger partial charge in [0.25, 0.3) is 15.9 Å². The van der Waals surface area contributed by atoms with Gasteiger partial charge in [0.1, 0.15) is 0 Å². The van der Waals surface area contributed by atoms with Crippen LogP contribution in [0, 0.1) is 6.92 Å². The maximum Gasteiger partial charge on any atom is 0.262 e. The molecule has 0 saturated carbocycles. The van der Waals surface area contributed by atoms with E-state index in [2.05, 4.69) is 25.5 Å². The van der Waals surface area contributed by atoms with E-state index < -0.39 is 10.0 Å². The van der Waals surface area contributed by atoms with Crippen molar-refractivity contribution < 1.29 is 13.2 Å². The molecule has 1 N–H and O–H groups in total. The number of carbonyl (C=O) groups is 1. The summed E-state index contributed by atoms with van der Waals surface area (Å²) in [6, 6.07) is 12.2. The van der Waals surface area contributed by atoms with Crippen LogP contribution in [-0.2, 0) is 15.4 Å². The third kappa shape index (κ3) is 4.38. The number of carbonyl (C=O) groups excluding carboxylic acids is 1. The molecule has 0 bridgehead atoms. The van der Waals surface area contributed by atoms with E-state index in [0.29, 0.717) is 16.8 Å². The van der Waals surface area contributed by atoms with Crippen LogP contribution in [0.25, 0.3) is 0 Å². The highest BCUT2D eigenvalue weighted by Crippen LogP contribution is 2.28. The van der Waals surface area contributed by atoms with Crippen LogP contribution in [0.2, 0.25) is 0 Å². The molecule has 3 rings (SSSR count). The highest BCUT2D eigenvalue weighted by atomic mass is 32.2. The zero-order valence-corrected chi connectivity index (χ0v) is 17.8. The first-order chi connectivity index (χ1) is 13.1. The lowest BCUT2D eigenvalue weighted by atomic mass is 9.87. The maximum absolute atomic E-state index is 13.0. The second-order valence-electron chi connectivity index (χ2n) is 8.42. The van der Waals surface area contributed by atoms with Gasteiger partial charge < -0.3 is 4.90 Å². The molecule has 0 radical (unpaired) electrons. The van der Waals surface area contributed by atoms with Crippen molar-refractivity contribution in [2.45, 2.75) is 50.8 Å². The summed E-state index contributed by atoms with van der Waals surface area (Å²) in [6.07, 6.45) is 2.03. The molecule has 1 aliphatic rings. The molecule has 2 aromatic rings. The summed E-state index contributed by atoms with van der Waals surface area (Å²) in [4.78, 5) is 14.7. The summed E-state index contributed by atoms with van der Waals surface area (Å²) in [5.41, 5.74) is 2.38. The lowest BCUT2D eigenvalue weighted by molar-refractivity contribution is 0.0793. The molecule has 2 aromatic carbocycles. The van der Waals surface area contributed by atoms with Gasteiger partial charge in [-0.2, -0.15) is 0 Å². The zero-order valence-electron chi connectivity index (χ0n) is 17.0. The summed E-state index contributed by atoms with van der Waals surface area (Å²) < 4.78 is 28.7. The average Bonchev–Trinajstić information content (AvgIpc) is 3.14. The molecule has 0 unspecified atom stereocenters. The van der Waals surface area contributed by atoms with Crippen molar-refractivity contribution in [3.05, 3.63) is 59.2 Å². The van der Waals surface area contributed by atoms with E-state index in [1.165, 1.54) is 0 Å². The Balaban J connectivity index is 1.89. The van der Waals surface area contributed by atoms with Crippen molar-refractivity contribution in [1.82, 2.24) is 4.90 Å². The van der Waals surface area contributed by atoms with Crippen molar-refractivity contribution >= 4 is 21.6 Å². The number of nitrogens with zero attached hydrogens (tertiary/aromatic N) is 1.